The van der Waals surface area contributed by atoms with Crippen LogP contribution in [-0.4, -0.2) is 17.0 Å². The highest BCUT2D eigenvalue weighted by Crippen LogP contribution is 2.14. The van der Waals surface area contributed by atoms with Crippen LogP contribution in [0.3, 0.4) is 0 Å². The fourth-order valence-corrected chi connectivity index (χ4v) is 1.45. The third-order valence-corrected chi connectivity index (χ3v) is 2.42. The Balaban J connectivity index is 1.94. The number of benzene rings is 1. The average Bonchev–Trinajstić information content (AvgIpc) is 2.42. The Morgan fingerprint density at radius 2 is 2.05 bits per heavy atom. The molecule has 0 bridgehead atoms. The van der Waals surface area contributed by atoms with Crippen LogP contribution in [0.5, 0.6) is 5.75 Å². The summed E-state index contributed by atoms with van der Waals surface area (Å²) in [6.07, 6.45) is 2.47. The molecule has 4 nitrogen and oxygen atoms in total. The first kappa shape index (κ1) is 13.0. The van der Waals surface area contributed by atoms with Gasteiger partial charge >= 0.3 is 0 Å². The number of nitrogens with one attached hydrogen (secondary N) is 1. The first-order valence-corrected chi connectivity index (χ1v) is 5.78. The number of aromatic nitrogens is 1. The molecule has 5 heteroatoms. The third kappa shape index (κ3) is 3.77. The molecular weight excluding hydrogens is 247 g/mol. The van der Waals surface area contributed by atoms with E-state index in [9.17, 15) is 9.18 Å². The van der Waals surface area contributed by atoms with Gasteiger partial charge in [0.15, 0.2) is 6.10 Å². The summed E-state index contributed by atoms with van der Waals surface area (Å²) in [6.45, 7) is 1.62. The first-order valence-electron chi connectivity index (χ1n) is 5.78. The first-order chi connectivity index (χ1) is 9.15. The zero-order valence-corrected chi connectivity index (χ0v) is 10.3. The van der Waals surface area contributed by atoms with Crippen molar-refractivity contribution < 1.29 is 13.9 Å². The zero-order valence-electron chi connectivity index (χ0n) is 10.3. The molecule has 0 spiro atoms. The fourth-order valence-electron chi connectivity index (χ4n) is 1.45. The highest BCUT2D eigenvalue weighted by molar-refractivity contribution is 5.93. The summed E-state index contributed by atoms with van der Waals surface area (Å²) < 4.78 is 18.1. The number of carbonyl (C=O) groups excluding carboxylic acids is 1. The van der Waals surface area contributed by atoms with Crippen molar-refractivity contribution in [2.24, 2.45) is 0 Å². The highest BCUT2D eigenvalue weighted by Gasteiger charge is 2.14. The van der Waals surface area contributed by atoms with Crippen LogP contribution in [0.25, 0.3) is 0 Å². The van der Waals surface area contributed by atoms with Gasteiger partial charge in [-0.2, -0.15) is 0 Å². The van der Waals surface area contributed by atoms with Crippen LogP contribution in [0.15, 0.2) is 48.8 Å². The third-order valence-electron chi connectivity index (χ3n) is 2.42. The second-order valence-corrected chi connectivity index (χ2v) is 3.94. The van der Waals surface area contributed by atoms with E-state index in [2.05, 4.69) is 10.3 Å². The van der Waals surface area contributed by atoms with Gasteiger partial charge in [-0.25, -0.2) is 4.39 Å². The number of hydrogen-bond acceptors (Lipinski definition) is 3. The Morgan fingerprint density at radius 1 is 1.32 bits per heavy atom. The van der Waals surface area contributed by atoms with Crippen LogP contribution in [-0.2, 0) is 4.79 Å². The lowest BCUT2D eigenvalue weighted by Gasteiger charge is -2.14. The Kier molecular flexibility index (Phi) is 4.07. The molecule has 0 unspecified atom stereocenters. The van der Waals surface area contributed by atoms with Crippen molar-refractivity contribution in [1.29, 1.82) is 0 Å². The van der Waals surface area contributed by atoms with Gasteiger partial charge in [-0.15, -0.1) is 0 Å². The second-order valence-electron chi connectivity index (χ2n) is 3.94. The molecule has 0 aliphatic carbocycles. The van der Waals surface area contributed by atoms with Crippen LogP contribution < -0.4 is 10.1 Å². The molecule has 0 saturated heterocycles. The summed E-state index contributed by atoms with van der Waals surface area (Å²) in [5.41, 5.74) is 0.599. The predicted molar refractivity (Wildman–Crippen MR) is 69.4 cm³/mol. The summed E-state index contributed by atoms with van der Waals surface area (Å²) in [6, 6.07) is 8.96. The molecule has 1 aromatic carbocycles. The van der Waals surface area contributed by atoms with E-state index in [0.717, 1.165) is 0 Å². The number of hydrogen-bond donors (Lipinski definition) is 1. The molecule has 19 heavy (non-hydrogen) atoms. The quantitative estimate of drug-likeness (QED) is 0.919. The Bertz CT molecular complexity index is 543. The Morgan fingerprint density at radius 3 is 2.68 bits per heavy atom. The minimum Gasteiger partial charge on any atom is -0.481 e. The molecule has 1 N–H and O–H groups in total. The maximum Gasteiger partial charge on any atom is 0.265 e. The van der Waals surface area contributed by atoms with Crippen molar-refractivity contribution >= 4 is 11.6 Å². The molecule has 0 radical (unpaired) electrons. The molecule has 98 valence electrons. The summed E-state index contributed by atoms with van der Waals surface area (Å²) in [5.74, 6) is -0.202. The minimum absolute atomic E-state index is 0.294. The van der Waals surface area contributed by atoms with E-state index >= 15 is 0 Å². The molecule has 2 rings (SSSR count). The highest BCUT2D eigenvalue weighted by atomic mass is 19.1. The van der Waals surface area contributed by atoms with Crippen molar-refractivity contribution in [2.75, 3.05) is 5.32 Å². The number of rotatable bonds is 4. The number of pyridine rings is 1. The van der Waals surface area contributed by atoms with Crippen molar-refractivity contribution in [3.63, 3.8) is 0 Å². The summed E-state index contributed by atoms with van der Waals surface area (Å²) >= 11 is 0. The van der Waals surface area contributed by atoms with E-state index in [0.29, 0.717) is 11.4 Å². The van der Waals surface area contributed by atoms with Crippen LogP contribution in [0.1, 0.15) is 6.92 Å². The standard InChI is InChI=1S/C14H13FN2O2/c1-10(19-13-6-4-11(15)5-7-13)14(18)17-12-3-2-8-16-9-12/h2-10H,1H3,(H,17,18)/t10-/m1/s1. The largest absolute Gasteiger partial charge is 0.481 e. The monoisotopic (exact) mass is 260 g/mol. The molecule has 2 aromatic rings. The van der Waals surface area contributed by atoms with E-state index in [1.165, 1.54) is 24.3 Å². The van der Waals surface area contributed by atoms with Gasteiger partial charge in [-0.3, -0.25) is 9.78 Å². The Labute approximate surface area is 110 Å². The molecule has 0 aliphatic rings. The number of nitrogens with zero attached hydrogens (tertiary/aromatic N) is 1. The van der Waals surface area contributed by atoms with Gasteiger partial charge < -0.3 is 10.1 Å². The maximum absolute atomic E-state index is 12.7. The van der Waals surface area contributed by atoms with Crippen LogP contribution in [0.2, 0.25) is 0 Å². The lowest BCUT2D eigenvalue weighted by molar-refractivity contribution is -0.122. The maximum atomic E-state index is 12.7. The Hall–Kier alpha value is -2.43. The van der Waals surface area contributed by atoms with E-state index in [-0.39, 0.29) is 11.7 Å². The van der Waals surface area contributed by atoms with Crippen LogP contribution >= 0.6 is 0 Å². The number of anilines is 1. The van der Waals surface area contributed by atoms with Gasteiger partial charge in [0, 0.05) is 6.20 Å². The summed E-state index contributed by atoms with van der Waals surface area (Å²) in [5, 5.41) is 2.67. The molecule has 1 heterocycles. The lowest BCUT2D eigenvalue weighted by Crippen LogP contribution is -2.30. The summed E-state index contributed by atoms with van der Waals surface area (Å²) in [4.78, 5) is 15.7. The lowest BCUT2D eigenvalue weighted by atomic mass is 10.3. The molecular formula is C14H13FN2O2. The SMILES string of the molecule is C[C@@H](Oc1ccc(F)cc1)C(=O)Nc1cccnc1. The van der Waals surface area contributed by atoms with Crippen LogP contribution in [0.4, 0.5) is 10.1 Å². The topological polar surface area (TPSA) is 51.2 Å². The normalized spacial score (nSPS) is 11.7. The van der Waals surface area contributed by atoms with E-state index in [4.69, 9.17) is 4.74 Å². The van der Waals surface area contributed by atoms with Gasteiger partial charge in [-0.1, -0.05) is 0 Å². The van der Waals surface area contributed by atoms with E-state index in [1.54, 1.807) is 31.5 Å². The smallest absolute Gasteiger partial charge is 0.265 e. The molecule has 0 saturated carbocycles. The number of ether oxygens (including phenoxy) is 1. The van der Waals surface area contributed by atoms with Crippen molar-refractivity contribution in [3.05, 3.63) is 54.6 Å². The van der Waals surface area contributed by atoms with Gasteiger partial charge in [0.05, 0.1) is 11.9 Å². The number of halogens is 1. The van der Waals surface area contributed by atoms with Gasteiger partial charge in [0.25, 0.3) is 5.91 Å². The van der Waals surface area contributed by atoms with Crippen molar-refractivity contribution in [1.82, 2.24) is 4.98 Å². The minimum atomic E-state index is -0.689. The van der Waals surface area contributed by atoms with E-state index < -0.39 is 6.10 Å². The summed E-state index contributed by atoms with van der Waals surface area (Å²) in [7, 11) is 0. The average molecular weight is 260 g/mol. The molecule has 1 aromatic heterocycles. The van der Waals surface area contributed by atoms with Crippen molar-refractivity contribution in [2.45, 2.75) is 13.0 Å². The van der Waals surface area contributed by atoms with E-state index in [1.807, 2.05) is 0 Å². The van der Waals surface area contributed by atoms with Crippen LogP contribution in [0, 0.1) is 5.82 Å². The fraction of sp³-hybridized carbons (Fsp3) is 0.143. The molecule has 0 fully saturated rings. The van der Waals surface area contributed by atoms with Gasteiger partial charge in [0.1, 0.15) is 11.6 Å². The molecule has 0 aliphatic heterocycles. The van der Waals surface area contributed by atoms with Gasteiger partial charge in [0.2, 0.25) is 0 Å². The van der Waals surface area contributed by atoms with Crippen molar-refractivity contribution in [3.8, 4) is 5.75 Å². The van der Waals surface area contributed by atoms with Gasteiger partial charge in [-0.05, 0) is 43.3 Å². The molecule has 1 atom stereocenters. The second kappa shape index (κ2) is 5.95. The molecule has 1 amide bonds. The number of carbonyl (C=O) groups is 1. The zero-order chi connectivity index (χ0) is 13.7. The predicted octanol–water partition coefficient (Wildman–Crippen LogP) is 2.63. The number of amides is 1.